The highest BCUT2D eigenvalue weighted by molar-refractivity contribution is 7.89. The molecular formula is C17H26N2O4S. The molecule has 6 nitrogen and oxygen atoms in total. The first kappa shape index (κ1) is 20.3. The molecule has 0 aliphatic carbocycles. The van der Waals surface area contributed by atoms with Gasteiger partial charge in [0.05, 0.1) is 4.90 Å². The van der Waals surface area contributed by atoms with Crippen LogP contribution in [-0.2, 0) is 19.6 Å². The Bertz CT molecular complexity index is 637. The lowest BCUT2D eigenvalue weighted by Crippen LogP contribution is -2.23. The van der Waals surface area contributed by atoms with Crippen molar-refractivity contribution in [3.05, 3.63) is 35.9 Å². The summed E-state index contributed by atoms with van der Waals surface area (Å²) in [6.45, 7) is 6.10. The third-order valence-corrected chi connectivity index (χ3v) is 4.53. The van der Waals surface area contributed by atoms with Crippen molar-refractivity contribution in [2.75, 3.05) is 26.8 Å². The first-order valence-corrected chi connectivity index (χ1v) is 9.40. The minimum atomic E-state index is -3.44. The van der Waals surface area contributed by atoms with Crippen LogP contribution in [0, 0.1) is 5.92 Å². The van der Waals surface area contributed by atoms with Gasteiger partial charge in [-0.15, -0.1) is 0 Å². The molecular weight excluding hydrogens is 328 g/mol. The van der Waals surface area contributed by atoms with E-state index in [-0.39, 0.29) is 10.8 Å². The van der Waals surface area contributed by atoms with E-state index in [1.165, 1.54) is 25.3 Å². The molecule has 1 amide bonds. The Morgan fingerprint density at radius 1 is 1.25 bits per heavy atom. The second-order valence-corrected chi connectivity index (χ2v) is 7.61. The largest absolute Gasteiger partial charge is 0.381 e. The molecule has 0 heterocycles. The molecule has 134 valence electrons. The van der Waals surface area contributed by atoms with Crippen molar-refractivity contribution in [1.82, 2.24) is 10.0 Å². The van der Waals surface area contributed by atoms with Crippen molar-refractivity contribution >= 4 is 22.0 Å². The van der Waals surface area contributed by atoms with Crippen LogP contribution >= 0.6 is 0 Å². The summed E-state index contributed by atoms with van der Waals surface area (Å²) >= 11 is 0. The Labute approximate surface area is 144 Å². The van der Waals surface area contributed by atoms with E-state index in [0.29, 0.717) is 19.1 Å². The van der Waals surface area contributed by atoms with E-state index in [4.69, 9.17) is 4.74 Å². The molecule has 1 aromatic carbocycles. The van der Waals surface area contributed by atoms with Gasteiger partial charge in [0, 0.05) is 25.8 Å². The Balaban J connectivity index is 2.36. The van der Waals surface area contributed by atoms with Crippen molar-refractivity contribution in [3.63, 3.8) is 0 Å². The molecule has 0 atom stereocenters. The van der Waals surface area contributed by atoms with E-state index in [1.807, 2.05) is 0 Å². The van der Waals surface area contributed by atoms with Crippen LogP contribution < -0.4 is 10.0 Å². The predicted octanol–water partition coefficient (Wildman–Crippen LogP) is 1.79. The number of carbonyl (C=O) groups excluding carboxylic acids is 1. The SMILES string of the molecule is CNS(=O)(=O)c1ccc(/C=C/C(=O)NCCCOCC(C)C)cc1. The molecule has 0 unspecified atom stereocenters. The maximum absolute atomic E-state index is 11.7. The summed E-state index contributed by atoms with van der Waals surface area (Å²) in [5, 5.41) is 2.77. The smallest absolute Gasteiger partial charge is 0.244 e. The van der Waals surface area contributed by atoms with E-state index in [9.17, 15) is 13.2 Å². The average molecular weight is 354 g/mol. The molecule has 0 spiro atoms. The zero-order valence-corrected chi connectivity index (χ0v) is 15.2. The molecule has 24 heavy (non-hydrogen) atoms. The zero-order chi connectivity index (χ0) is 18.0. The molecule has 2 N–H and O–H groups in total. The van der Waals surface area contributed by atoms with Gasteiger partial charge in [0.15, 0.2) is 0 Å². The number of carbonyl (C=O) groups is 1. The summed E-state index contributed by atoms with van der Waals surface area (Å²) in [6, 6.07) is 6.28. The second-order valence-electron chi connectivity index (χ2n) is 5.72. The second kappa shape index (κ2) is 10.2. The Hall–Kier alpha value is -1.70. The third-order valence-electron chi connectivity index (χ3n) is 3.10. The lowest BCUT2D eigenvalue weighted by molar-refractivity contribution is -0.116. The molecule has 0 bridgehead atoms. The Kier molecular flexibility index (Phi) is 8.67. The highest BCUT2D eigenvalue weighted by Gasteiger charge is 2.09. The minimum Gasteiger partial charge on any atom is -0.381 e. The van der Waals surface area contributed by atoms with Crippen LogP contribution in [0.1, 0.15) is 25.8 Å². The fourth-order valence-electron chi connectivity index (χ4n) is 1.81. The van der Waals surface area contributed by atoms with Crippen LogP contribution in [0.2, 0.25) is 0 Å². The number of benzene rings is 1. The van der Waals surface area contributed by atoms with Crippen molar-refractivity contribution in [2.45, 2.75) is 25.2 Å². The van der Waals surface area contributed by atoms with Crippen LogP contribution in [0.15, 0.2) is 35.2 Å². The molecule has 1 rings (SSSR count). The van der Waals surface area contributed by atoms with Crippen LogP contribution in [0.3, 0.4) is 0 Å². The number of amides is 1. The number of nitrogens with one attached hydrogen (secondary N) is 2. The zero-order valence-electron chi connectivity index (χ0n) is 14.4. The predicted molar refractivity (Wildman–Crippen MR) is 95.0 cm³/mol. The van der Waals surface area contributed by atoms with E-state index in [2.05, 4.69) is 23.9 Å². The van der Waals surface area contributed by atoms with Crippen LogP contribution in [0.4, 0.5) is 0 Å². The van der Waals surface area contributed by atoms with Gasteiger partial charge in [0.2, 0.25) is 15.9 Å². The van der Waals surface area contributed by atoms with Crippen molar-refractivity contribution < 1.29 is 17.9 Å². The van der Waals surface area contributed by atoms with E-state index < -0.39 is 10.0 Å². The fraction of sp³-hybridized carbons (Fsp3) is 0.471. The lowest BCUT2D eigenvalue weighted by atomic mass is 10.2. The molecule has 0 radical (unpaired) electrons. The average Bonchev–Trinajstić information content (AvgIpc) is 2.56. The number of hydrogen-bond donors (Lipinski definition) is 2. The molecule has 0 aliphatic heterocycles. The van der Waals surface area contributed by atoms with Gasteiger partial charge in [-0.05, 0) is 43.2 Å². The first-order valence-electron chi connectivity index (χ1n) is 7.92. The summed E-state index contributed by atoms with van der Waals surface area (Å²) in [5.74, 6) is 0.322. The lowest BCUT2D eigenvalue weighted by Gasteiger charge is -2.06. The summed E-state index contributed by atoms with van der Waals surface area (Å²) in [6.07, 6.45) is 3.83. The monoisotopic (exact) mass is 354 g/mol. The fourth-order valence-corrected chi connectivity index (χ4v) is 2.54. The molecule has 7 heteroatoms. The molecule has 1 aromatic rings. The molecule has 0 fully saturated rings. The van der Waals surface area contributed by atoms with Gasteiger partial charge in [-0.3, -0.25) is 4.79 Å². The normalized spacial score (nSPS) is 12.0. The summed E-state index contributed by atoms with van der Waals surface area (Å²) in [5.41, 5.74) is 0.750. The highest BCUT2D eigenvalue weighted by atomic mass is 32.2. The van der Waals surface area contributed by atoms with Crippen LogP contribution in [-0.4, -0.2) is 41.1 Å². The Morgan fingerprint density at radius 2 is 1.92 bits per heavy atom. The quantitative estimate of drug-likeness (QED) is 0.495. The van der Waals surface area contributed by atoms with E-state index >= 15 is 0 Å². The highest BCUT2D eigenvalue weighted by Crippen LogP contribution is 2.11. The minimum absolute atomic E-state index is 0.188. The molecule has 0 aromatic heterocycles. The van der Waals surface area contributed by atoms with Gasteiger partial charge in [-0.25, -0.2) is 13.1 Å². The van der Waals surface area contributed by atoms with Gasteiger partial charge in [-0.2, -0.15) is 0 Å². The summed E-state index contributed by atoms with van der Waals surface area (Å²) in [4.78, 5) is 11.9. The number of sulfonamides is 1. The molecule has 0 saturated heterocycles. The molecule has 0 saturated carbocycles. The first-order chi connectivity index (χ1) is 11.3. The van der Waals surface area contributed by atoms with Crippen LogP contribution in [0.5, 0.6) is 0 Å². The molecule has 0 aliphatic rings. The standard InChI is InChI=1S/C17H26N2O4S/c1-14(2)13-23-12-4-11-19-17(20)10-7-15-5-8-16(9-6-15)24(21,22)18-3/h5-10,14,18H,4,11-13H2,1-3H3,(H,19,20)/b10-7+. The van der Waals surface area contributed by atoms with E-state index in [0.717, 1.165) is 18.6 Å². The van der Waals surface area contributed by atoms with Gasteiger partial charge >= 0.3 is 0 Å². The number of ether oxygens (including phenoxy) is 1. The van der Waals surface area contributed by atoms with Crippen molar-refractivity contribution in [1.29, 1.82) is 0 Å². The van der Waals surface area contributed by atoms with Crippen molar-refractivity contribution in [2.24, 2.45) is 5.92 Å². The summed E-state index contributed by atoms with van der Waals surface area (Å²) < 4.78 is 30.9. The maximum atomic E-state index is 11.7. The van der Waals surface area contributed by atoms with Gasteiger partial charge in [0.25, 0.3) is 0 Å². The van der Waals surface area contributed by atoms with Crippen molar-refractivity contribution in [3.8, 4) is 0 Å². The number of hydrogen-bond acceptors (Lipinski definition) is 4. The Morgan fingerprint density at radius 3 is 2.50 bits per heavy atom. The maximum Gasteiger partial charge on any atom is 0.244 e. The van der Waals surface area contributed by atoms with Gasteiger partial charge in [0.1, 0.15) is 0 Å². The topological polar surface area (TPSA) is 84.5 Å². The van der Waals surface area contributed by atoms with Gasteiger partial charge in [-0.1, -0.05) is 26.0 Å². The summed E-state index contributed by atoms with van der Waals surface area (Å²) in [7, 11) is -2.07. The third kappa shape index (κ3) is 7.72. The van der Waals surface area contributed by atoms with E-state index in [1.54, 1.807) is 18.2 Å². The number of rotatable bonds is 10. The van der Waals surface area contributed by atoms with Crippen LogP contribution in [0.25, 0.3) is 6.08 Å². The van der Waals surface area contributed by atoms with Gasteiger partial charge < -0.3 is 10.1 Å².